The molecule has 5 rings (SSSR count). The number of likely N-dealkylation sites (N-methyl/N-ethyl adjacent to an activating group) is 1. The molecule has 7 heteroatoms. The number of hydrogen-bond acceptors (Lipinski definition) is 4. The number of amides is 1. The van der Waals surface area contributed by atoms with Gasteiger partial charge in [-0.25, -0.2) is 0 Å². The summed E-state index contributed by atoms with van der Waals surface area (Å²) < 4.78 is 5.31. The summed E-state index contributed by atoms with van der Waals surface area (Å²) >= 11 is 5.63. The Morgan fingerprint density at radius 2 is 2.04 bits per heavy atom. The minimum Gasteiger partial charge on any atom is -0.504 e. The van der Waals surface area contributed by atoms with E-state index in [2.05, 4.69) is 11.1 Å². The van der Waals surface area contributed by atoms with Crippen molar-refractivity contribution in [2.75, 3.05) is 14.2 Å². The third kappa shape index (κ3) is 2.19. The monoisotopic (exact) mass is 393 g/mol. The number of carbonyl (C=O) groups excluding carboxylic acids is 1. The highest BCUT2D eigenvalue weighted by Crippen LogP contribution is 2.45. The topological polar surface area (TPSA) is 68.8 Å². The van der Waals surface area contributed by atoms with Gasteiger partial charge in [0.05, 0.1) is 13.2 Å². The highest BCUT2D eigenvalue weighted by atomic mass is 32.1. The molecule has 2 aromatic carbocycles. The number of rotatable bonds is 2. The number of fused-ring (bicyclic) bond motifs is 4. The Morgan fingerprint density at radius 3 is 2.82 bits per heavy atom. The first-order chi connectivity index (χ1) is 13.5. The molecule has 2 N–H and O–H groups in total. The van der Waals surface area contributed by atoms with E-state index >= 15 is 0 Å². The molecular formula is C21H19N3O3S. The SMILES string of the molecule is COc1cc([C@@H]2c3[nH]c4ccccc4c3C[C@H]3C(=O)N(C)C(=S)N23)ccc1O. The molecule has 0 aliphatic carbocycles. The predicted octanol–water partition coefficient (Wildman–Crippen LogP) is 2.96. The molecule has 2 atom stereocenters. The number of hydrogen-bond donors (Lipinski definition) is 2. The minimum absolute atomic E-state index is 0.0108. The second-order valence-electron chi connectivity index (χ2n) is 7.20. The number of benzene rings is 2. The van der Waals surface area contributed by atoms with Crippen LogP contribution in [0.2, 0.25) is 0 Å². The largest absolute Gasteiger partial charge is 0.504 e. The lowest BCUT2D eigenvalue weighted by Gasteiger charge is -2.37. The number of aromatic amines is 1. The summed E-state index contributed by atoms with van der Waals surface area (Å²) in [7, 11) is 3.25. The Hall–Kier alpha value is -3.06. The number of para-hydroxylation sites is 1. The normalized spacial score (nSPS) is 21.2. The van der Waals surface area contributed by atoms with Crippen molar-refractivity contribution in [3.05, 3.63) is 59.3 Å². The molecule has 0 spiro atoms. The molecule has 0 bridgehead atoms. The summed E-state index contributed by atoms with van der Waals surface area (Å²) in [5.74, 6) is 0.478. The van der Waals surface area contributed by atoms with Gasteiger partial charge in [0, 0.05) is 30.1 Å². The van der Waals surface area contributed by atoms with Gasteiger partial charge < -0.3 is 19.7 Å². The van der Waals surface area contributed by atoms with Gasteiger partial charge in [0.1, 0.15) is 6.04 Å². The van der Waals surface area contributed by atoms with Crippen molar-refractivity contribution in [2.45, 2.75) is 18.5 Å². The van der Waals surface area contributed by atoms with Crippen molar-refractivity contribution in [3.8, 4) is 11.5 Å². The maximum absolute atomic E-state index is 12.9. The van der Waals surface area contributed by atoms with Crippen LogP contribution < -0.4 is 4.74 Å². The average Bonchev–Trinajstić information content (AvgIpc) is 3.18. The van der Waals surface area contributed by atoms with Crippen molar-refractivity contribution in [1.29, 1.82) is 0 Å². The smallest absolute Gasteiger partial charge is 0.251 e. The summed E-state index contributed by atoms with van der Waals surface area (Å²) in [4.78, 5) is 20.0. The number of thiocarbonyl (C=S) groups is 1. The van der Waals surface area contributed by atoms with E-state index in [1.54, 1.807) is 18.0 Å². The molecule has 0 radical (unpaired) electrons. The standard InChI is InChI=1S/C21H19N3O3S/c1-23-20(26)15-10-13-12-5-3-4-6-14(12)22-18(13)19(24(15)21(23)28)11-7-8-16(25)17(9-11)27-2/h3-9,15,19,22,25H,10H2,1-2H3/t15-,19+/m0/s1. The second-order valence-corrected chi connectivity index (χ2v) is 7.57. The first-order valence-corrected chi connectivity index (χ1v) is 9.48. The van der Waals surface area contributed by atoms with Crippen LogP contribution in [0.4, 0.5) is 0 Å². The number of nitrogens with one attached hydrogen (secondary N) is 1. The van der Waals surface area contributed by atoms with E-state index in [1.807, 2.05) is 35.2 Å². The fraction of sp³-hybridized carbons (Fsp3) is 0.238. The van der Waals surface area contributed by atoms with Crippen LogP contribution in [0, 0.1) is 0 Å². The van der Waals surface area contributed by atoms with Crippen molar-refractivity contribution in [3.63, 3.8) is 0 Å². The molecule has 28 heavy (non-hydrogen) atoms. The Balaban J connectivity index is 1.77. The van der Waals surface area contributed by atoms with Crippen molar-refractivity contribution >= 4 is 34.1 Å². The molecule has 6 nitrogen and oxygen atoms in total. The number of ether oxygens (including phenoxy) is 1. The summed E-state index contributed by atoms with van der Waals surface area (Å²) in [6, 6.07) is 12.8. The molecule has 2 aliphatic heterocycles. The van der Waals surface area contributed by atoms with Gasteiger partial charge in [-0.2, -0.15) is 0 Å². The lowest BCUT2D eigenvalue weighted by Crippen LogP contribution is -2.44. The number of nitrogens with zero attached hydrogens (tertiary/aromatic N) is 2. The van der Waals surface area contributed by atoms with Crippen LogP contribution in [0.3, 0.4) is 0 Å². The zero-order chi connectivity index (χ0) is 19.6. The van der Waals surface area contributed by atoms with E-state index in [9.17, 15) is 9.90 Å². The average molecular weight is 393 g/mol. The highest BCUT2D eigenvalue weighted by Gasteiger charge is 2.49. The van der Waals surface area contributed by atoms with Crippen LogP contribution >= 0.6 is 12.2 Å². The van der Waals surface area contributed by atoms with Crippen LogP contribution in [0.25, 0.3) is 10.9 Å². The quantitative estimate of drug-likeness (QED) is 0.655. The van der Waals surface area contributed by atoms with Gasteiger partial charge in [-0.3, -0.25) is 9.69 Å². The van der Waals surface area contributed by atoms with Crippen LogP contribution in [0.1, 0.15) is 22.9 Å². The second kappa shape index (κ2) is 5.97. The molecule has 3 aromatic rings. The molecule has 2 aliphatic rings. The number of carbonyl (C=O) groups is 1. The first kappa shape index (κ1) is 17.1. The van der Waals surface area contributed by atoms with Crippen LogP contribution in [-0.2, 0) is 11.2 Å². The van der Waals surface area contributed by atoms with Crippen molar-refractivity contribution in [1.82, 2.24) is 14.8 Å². The van der Waals surface area contributed by atoms with E-state index < -0.39 is 0 Å². The number of methoxy groups -OCH3 is 1. The summed E-state index contributed by atoms with van der Waals surface area (Å²) in [6.45, 7) is 0. The number of phenols is 1. The minimum atomic E-state index is -0.339. The lowest BCUT2D eigenvalue weighted by molar-refractivity contribution is -0.127. The fourth-order valence-corrected chi connectivity index (χ4v) is 4.74. The molecule has 3 heterocycles. The van der Waals surface area contributed by atoms with E-state index in [0.29, 0.717) is 17.3 Å². The van der Waals surface area contributed by atoms with Gasteiger partial charge in [0.2, 0.25) is 0 Å². The number of phenolic OH excluding ortho intramolecular Hbond substituents is 1. The molecule has 1 saturated heterocycles. The van der Waals surface area contributed by atoms with Crippen LogP contribution in [0.15, 0.2) is 42.5 Å². The summed E-state index contributed by atoms with van der Waals surface area (Å²) in [6.07, 6.45) is 0.606. The number of H-pyrrole nitrogens is 1. The van der Waals surface area contributed by atoms with E-state index in [-0.39, 0.29) is 23.7 Å². The zero-order valence-corrected chi connectivity index (χ0v) is 16.3. The first-order valence-electron chi connectivity index (χ1n) is 9.07. The van der Waals surface area contributed by atoms with E-state index in [0.717, 1.165) is 27.7 Å². The van der Waals surface area contributed by atoms with Gasteiger partial charge in [-0.05, 0) is 41.5 Å². The molecular weight excluding hydrogens is 374 g/mol. The Bertz CT molecular complexity index is 1140. The molecule has 1 amide bonds. The highest BCUT2D eigenvalue weighted by molar-refractivity contribution is 7.80. The summed E-state index contributed by atoms with van der Waals surface area (Å²) in [5.41, 5.74) is 4.10. The van der Waals surface area contributed by atoms with Gasteiger partial charge >= 0.3 is 0 Å². The Labute approximate surface area is 167 Å². The molecule has 1 aromatic heterocycles. The number of aromatic hydroxyl groups is 1. The van der Waals surface area contributed by atoms with Crippen molar-refractivity contribution in [2.24, 2.45) is 0 Å². The van der Waals surface area contributed by atoms with Crippen LogP contribution in [-0.4, -0.2) is 51.1 Å². The predicted molar refractivity (Wildman–Crippen MR) is 109 cm³/mol. The molecule has 0 unspecified atom stereocenters. The molecule has 142 valence electrons. The molecule has 0 saturated carbocycles. The van der Waals surface area contributed by atoms with E-state index in [1.165, 1.54) is 7.11 Å². The van der Waals surface area contributed by atoms with E-state index in [4.69, 9.17) is 17.0 Å². The third-order valence-corrected chi connectivity index (χ3v) is 6.26. The maximum atomic E-state index is 12.9. The lowest BCUT2D eigenvalue weighted by atomic mass is 9.89. The van der Waals surface area contributed by atoms with Gasteiger partial charge in [0.15, 0.2) is 16.6 Å². The maximum Gasteiger partial charge on any atom is 0.251 e. The van der Waals surface area contributed by atoms with Crippen molar-refractivity contribution < 1.29 is 14.6 Å². The van der Waals surface area contributed by atoms with Gasteiger partial charge in [-0.15, -0.1) is 0 Å². The summed E-state index contributed by atoms with van der Waals surface area (Å²) in [5, 5.41) is 11.7. The van der Waals surface area contributed by atoms with Crippen LogP contribution in [0.5, 0.6) is 11.5 Å². The third-order valence-electron chi connectivity index (χ3n) is 5.77. The Morgan fingerprint density at radius 1 is 1.25 bits per heavy atom. The van der Waals surface area contributed by atoms with Gasteiger partial charge in [0.25, 0.3) is 5.91 Å². The number of aromatic nitrogens is 1. The fourth-order valence-electron chi connectivity index (χ4n) is 4.42. The molecule has 1 fully saturated rings. The Kier molecular flexibility index (Phi) is 3.64. The zero-order valence-electron chi connectivity index (χ0n) is 15.5. The van der Waals surface area contributed by atoms with Gasteiger partial charge in [-0.1, -0.05) is 24.3 Å².